The zero-order valence-corrected chi connectivity index (χ0v) is 14.6. The molecule has 124 valence electrons. The number of piperazine rings is 1. The number of hydrogen-bond donors (Lipinski definition) is 1. The van der Waals surface area contributed by atoms with Crippen LogP contribution < -0.4 is 5.32 Å². The lowest BCUT2D eigenvalue weighted by Gasteiger charge is -2.38. The fourth-order valence-corrected chi connectivity index (χ4v) is 4.74. The number of hydrogen-bond acceptors (Lipinski definition) is 4. The molecule has 2 rings (SSSR count). The van der Waals surface area contributed by atoms with E-state index in [-0.39, 0.29) is 11.8 Å². The Bertz CT molecular complexity index is 420. The SMILES string of the molecule is CN(C1CCC(C)(C)CC1)S(=O)(=O)CCN1CCNCC1. The molecule has 0 aromatic carbocycles. The van der Waals surface area contributed by atoms with Gasteiger partial charge in [-0.1, -0.05) is 13.8 Å². The van der Waals surface area contributed by atoms with E-state index in [4.69, 9.17) is 0 Å². The lowest BCUT2D eigenvalue weighted by Crippen LogP contribution is -2.47. The van der Waals surface area contributed by atoms with Gasteiger partial charge in [0.25, 0.3) is 0 Å². The maximum Gasteiger partial charge on any atom is 0.215 e. The molecule has 1 saturated heterocycles. The van der Waals surface area contributed by atoms with Crippen LogP contribution in [0.2, 0.25) is 0 Å². The monoisotopic (exact) mass is 317 g/mol. The van der Waals surface area contributed by atoms with Crippen molar-refractivity contribution in [3.05, 3.63) is 0 Å². The van der Waals surface area contributed by atoms with Crippen molar-refractivity contribution < 1.29 is 8.42 Å². The van der Waals surface area contributed by atoms with E-state index in [9.17, 15) is 8.42 Å². The van der Waals surface area contributed by atoms with E-state index < -0.39 is 10.0 Å². The molecular weight excluding hydrogens is 286 g/mol. The summed E-state index contributed by atoms with van der Waals surface area (Å²) in [7, 11) is -1.35. The van der Waals surface area contributed by atoms with E-state index in [1.54, 1.807) is 11.4 Å². The van der Waals surface area contributed by atoms with E-state index in [0.717, 1.165) is 51.9 Å². The van der Waals surface area contributed by atoms with Gasteiger partial charge in [-0.05, 0) is 31.1 Å². The highest BCUT2D eigenvalue weighted by molar-refractivity contribution is 7.89. The Morgan fingerprint density at radius 1 is 1.19 bits per heavy atom. The molecule has 1 aliphatic carbocycles. The second kappa shape index (κ2) is 6.94. The van der Waals surface area contributed by atoms with Crippen LogP contribution in [0.3, 0.4) is 0 Å². The molecule has 1 heterocycles. The molecule has 0 bridgehead atoms. The lowest BCUT2D eigenvalue weighted by molar-refractivity contribution is 0.173. The fraction of sp³-hybridized carbons (Fsp3) is 1.00. The first kappa shape index (κ1) is 17.2. The van der Waals surface area contributed by atoms with Crippen LogP contribution in [-0.4, -0.2) is 69.2 Å². The van der Waals surface area contributed by atoms with Gasteiger partial charge in [0.2, 0.25) is 10.0 Å². The first-order valence-corrected chi connectivity index (χ1v) is 9.80. The second-order valence-corrected chi connectivity index (χ2v) is 9.47. The molecular formula is C15H31N3O2S. The van der Waals surface area contributed by atoms with Crippen LogP contribution in [0.5, 0.6) is 0 Å². The van der Waals surface area contributed by atoms with E-state index in [2.05, 4.69) is 24.1 Å². The predicted octanol–water partition coefficient (Wildman–Crippen LogP) is 1.12. The Morgan fingerprint density at radius 3 is 2.33 bits per heavy atom. The molecule has 5 nitrogen and oxygen atoms in total. The van der Waals surface area contributed by atoms with E-state index >= 15 is 0 Å². The molecule has 0 aromatic rings. The van der Waals surface area contributed by atoms with Gasteiger partial charge in [-0.3, -0.25) is 4.90 Å². The van der Waals surface area contributed by atoms with Crippen molar-refractivity contribution in [1.82, 2.24) is 14.5 Å². The standard InChI is InChI=1S/C15H31N3O2S/c1-15(2)6-4-14(5-7-15)17(3)21(19,20)13-12-18-10-8-16-9-11-18/h14,16H,4-13H2,1-3H3. The molecule has 0 unspecified atom stereocenters. The normalized spacial score (nSPS) is 25.3. The number of sulfonamides is 1. The highest BCUT2D eigenvalue weighted by atomic mass is 32.2. The molecule has 6 heteroatoms. The summed E-state index contributed by atoms with van der Waals surface area (Å²) in [6.45, 7) is 9.06. The van der Waals surface area contributed by atoms with Crippen molar-refractivity contribution in [2.45, 2.75) is 45.6 Å². The van der Waals surface area contributed by atoms with Gasteiger partial charge in [0, 0.05) is 45.8 Å². The van der Waals surface area contributed by atoms with E-state index in [0.29, 0.717) is 12.0 Å². The fourth-order valence-electron chi connectivity index (χ4n) is 3.30. The van der Waals surface area contributed by atoms with Crippen LogP contribution in [0.4, 0.5) is 0 Å². The molecule has 0 atom stereocenters. The highest BCUT2D eigenvalue weighted by Gasteiger charge is 2.33. The molecule has 2 fully saturated rings. The Morgan fingerprint density at radius 2 is 1.76 bits per heavy atom. The van der Waals surface area contributed by atoms with Gasteiger partial charge in [0.15, 0.2) is 0 Å². The van der Waals surface area contributed by atoms with Gasteiger partial charge in [-0.2, -0.15) is 0 Å². The summed E-state index contributed by atoms with van der Waals surface area (Å²) in [6.07, 6.45) is 4.23. The van der Waals surface area contributed by atoms with Crippen molar-refractivity contribution >= 4 is 10.0 Å². The molecule has 0 radical (unpaired) electrons. The smallest absolute Gasteiger partial charge is 0.215 e. The Kier molecular flexibility index (Phi) is 5.68. The van der Waals surface area contributed by atoms with Gasteiger partial charge in [0.1, 0.15) is 0 Å². The van der Waals surface area contributed by atoms with Crippen molar-refractivity contribution in [2.24, 2.45) is 5.41 Å². The molecule has 0 spiro atoms. The summed E-state index contributed by atoms with van der Waals surface area (Å²) in [5.74, 6) is 0.253. The largest absolute Gasteiger partial charge is 0.314 e. The summed E-state index contributed by atoms with van der Waals surface area (Å²) in [5.41, 5.74) is 0.377. The maximum atomic E-state index is 12.5. The van der Waals surface area contributed by atoms with Gasteiger partial charge in [0.05, 0.1) is 5.75 Å². The van der Waals surface area contributed by atoms with E-state index in [1.165, 1.54) is 0 Å². The minimum absolute atomic E-state index is 0.200. The van der Waals surface area contributed by atoms with Gasteiger partial charge < -0.3 is 5.32 Å². The maximum absolute atomic E-state index is 12.5. The van der Waals surface area contributed by atoms with Crippen LogP contribution in [0.1, 0.15) is 39.5 Å². The summed E-state index contributed by atoms with van der Waals surface area (Å²) in [5, 5.41) is 3.29. The average molecular weight is 317 g/mol. The first-order chi connectivity index (χ1) is 9.80. The number of nitrogens with zero attached hydrogens (tertiary/aromatic N) is 2. The summed E-state index contributed by atoms with van der Waals surface area (Å²) >= 11 is 0. The summed E-state index contributed by atoms with van der Waals surface area (Å²) in [4.78, 5) is 2.24. The van der Waals surface area contributed by atoms with E-state index in [1.807, 2.05) is 0 Å². The highest BCUT2D eigenvalue weighted by Crippen LogP contribution is 2.37. The van der Waals surface area contributed by atoms with Crippen LogP contribution in [0.15, 0.2) is 0 Å². The Hall–Kier alpha value is -0.170. The molecule has 21 heavy (non-hydrogen) atoms. The average Bonchev–Trinajstić information content (AvgIpc) is 2.46. The molecule has 1 N–H and O–H groups in total. The zero-order valence-electron chi connectivity index (χ0n) is 13.8. The molecule has 1 aliphatic heterocycles. The van der Waals surface area contributed by atoms with Crippen LogP contribution in [0, 0.1) is 5.41 Å². The third kappa shape index (κ3) is 4.91. The topological polar surface area (TPSA) is 52.7 Å². The van der Waals surface area contributed by atoms with Crippen LogP contribution in [-0.2, 0) is 10.0 Å². The second-order valence-electron chi connectivity index (χ2n) is 7.32. The minimum atomic E-state index is -3.13. The summed E-state index contributed by atoms with van der Waals surface area (Å²) in [6, 6.07) is 0.200. The van der Waals surface area contributed by atoms with Crippen molar-refractivity contribution in [2.75, 3.05) is 45.5 Å². The van der Waals surface area contributed by atoms with Crippen LogP contribution in [0.25, 0.3) is 0 Å². The first-order valence-electron chi connectivity index (χ1n) is 8.19. The number of nitrogens with one attached hydrogen (secondary N) is 1. The molecule has 1 saturated carbocycles. The third-order valence-corrected chi connectivity index (χ3v) is 7.01. The van der Waals surface area contributed by atoms with Gasteiger partial charge in [-0.15, -0.1) is 0 Å². The van der Waals surface area contributed by atoms with Crippen molar-refractivity contribution in [3.63, 3.8) is 0 Å². The molecule has 0 amide bonds. The van der Waals surface area contributed by atoms with Crippen molar-refractivity contribution in [3.8, 4) is 0 Å². The van der Waals surface area contributed by atoms with Crippen molar-refractivity contribution in [1.29, 1.82) is 0 Å². The Balaban J connectivity index is 1.83. The lowest BCUT2D eigenvalue weighted by atomic mass is 9.76. The summed E-state index contributed by atoms with van der Waals surface area (Å²) < 4.78 is 26.7. The number of rotatable bonds is 5. The predicted molar refractivity (Wildman–Crippen MR) is 86.9 cm³/mol. The minimum Gasteiger partial charge on any atom is -0.314 e. The molecule has 0 aromatic heterocycles. The quantitative estimate of drug-likeness (QED) is 0.826. The van der Waals surface area contributed by atoms with Gasteiger partial charge in [-0.25, -0.2) is 12.7 Å². The third-order valence-electron chi connectivity index (χ3n) is 5.14. The Labute approximate surface area is 130 Å². The molecule has 2 aliphatic rings. The zero-order chi connectivity index (χ0) is 15.5. The van der Waals surface area contributed by atoms with Crippen LogP contribution >= 0.6 is 0 Å². The van der Waals surface area contributed by atoms with Gasteiger partial charge >= 0.3 is 0 Å².